The van der Waals surface area contributed by atoms with Crippen LogP contribution in [0.5, 0.6) is 5.75 Å². The van der Waals surface area contributed by atoms with Gasteiger partial charge in [0.05, 0.1) is 9.99 Å². The number of phenols is 1. The van der Waals surface area contributed by atoms with Gasteiger partial charge in [-0.2, -0.15) is 0 Å². The first-order valence-corrected chi connectivity index (χ1v) is 4.79. The molecule has 1 aromatic carbocycles. The second-order valence-corrected chi connectivity index (χ2v) is 3.78. The van der Waals surface area contributed by atoms with E-state index in [9.17, 15) is 5.11 Å². The highest BCUT2D eigenvalue weighted by molar-refractivity contribution is 9.10. The molecule has 0 amide bonds. The van der Waals surface area contributed by atoms with Crippen LogP contribution in [-0.4, -0.2) is 10.1 Å². The zero-order valence-corrected chi connectivity index (χ0v) is 8.80. The number of hydrogen-bond acceptors (Lipinski definition) is 2. The zero-order chi connectivity index (χ0) is 9.42. The average molecular weight is 259 g/mol. The highest BCUT2D eigenvalue weighted by Crippen LogP contribution is 2.31. The van der Waals surface area contributed by atoms with Crippen molar-refractivity contribution in [3.8, 4) is 5.75 Å². The second-order valence-electron chi connectivity index (χ2n) is 2.60. The Bertz CT molecular complexity index is 467. The molecule has 0 unspecified atom stereocenters. The third-order valence-corrected chi connectivity index (χ3v) is 2.74. The van der Waals surface area contributed by atoms with E-state index < -0.39 is 0 Å². The van der Waals surface area contributed by atoms with Gasteiger partial charge in [0.2, 0.25) is 0 Å². The van der Waals surface area contributed by atoms with Crippen LogP contribution in [0.4, 0.5) is 0 Å². The molecule has 2 aromatic rings. The van der Waals surface area contributed by atoms with Gasteiger partial charge in [0.1, 0.15) is 10.9 Å². The molecule has 1 heterocycles. The maximum Gasteiger partial charge on any atom is 0.132 e. The van der Waals surface area contributed by atoms with Crippen molar-refractivity contribution in [2.24, 2.45) is 0 Å². The fourth-order valence-corrected chi connectivity index (χ4v) is 1.72. The van der Waals surface area contributed by atoms with Crippen molar-refractivity contribution in [3.63, 3.8) is 0 Å². The van der Waals surface area contributed by atoms with Gasteiger partial charge in [0.15, 0.2) is 0 Å². The van der Waals surface area contributed by atoms with Crippen molar-refractivity contribution in [2.45, 2.75) is 0 Å². The van der Waals surface area contributed by atoms with E-state index >= 15 is 0 Å². The standard InChI is InChI=1S/C9H5BrClNO/c10-8-6(13)3-1-5-2-4-7(11)12-9(5)8/h1-4,13H. The summed E-state index contributed by atoms with van der Waals surface area (Å²) in [6.45, 7) is 0. The zero-order valence-electron chi connectivity index (χ0n) is 6.46. The molecule has 0 atom stereocenters. The van der Waals surface area contributed by atoms with Crippen molar-refractivity contribution in [1.82, 2.24) is 4.98 Å². The molecule has 1 N–H and O–H groups in total. The second kappa shape index (κ2) is 3.16. The Labute approximate surface area is 88.3 Å². The summed E-state index contributed by atoms with van der Waals surface area (Å²) in [5.74, 6) is 0.169. The van der Waals surface area contributed by atoms with E-state index in [1.54, 1.807) is 18.2 Å². The minimum Gasteiger partial charge on any atom is -0.507 e. The highest BCUT2D eigenvalue weighted by Gasteiger charge is 2.05. The lowest BCUT2D eigenvalue weighted by Gasteiger charge is -2.01. The molecule has 13 heavy (non-hydrogen) atoms. The number of aromatic hydroxyl groups is 1. The molecule has 0 spiro atoms. The molecule has 2 nitrogen and oxygen atoms in total. The third-order valence-electron chi connectivity index (χ3n) is 1.75. The number of phenolic OH excluding ortho intramolecular Hbond substituents is 1. The van der Waals surface area contributed by atoms with E-state index in [0.29, 0.717) is 15.1 Å². The van der Waals surface area contributed by atoms with E-state index in [1.807, 2.05) is 6.07 Å². The first kappa shape index (κ1) is 8.78. The number of rotatable bonds is 0. The number of benzene rings is 1. The molecule has 0 aliphatic heterocycles. The number of nitrogens with zero attached hydrogens (tertiary/aromatic N) is 1. The Hall–Kier alpha value is -0.800. The van der Waals surface area contributed by atoms with Gasteiger partial charge in [0.25, 0.3) is 0 Å². The van der Waals surface area contributed by atoms with Gasteiger partial charge >= 0.3 is 0 Å². The van der Waals surface area contributed by atoms with E-state index in [2.05, 4.69) is 20.9 Å². The van der Waals surface area contributed by atoms with Gasteiger partial charge in [-0.05, 0) is 40.2 Å². The maximum atomic E-state index is 9.38. The minimum atomic E-state index is 0.169. The molecule has 0 aliphatic carbocycles. The Morgan fingerprint density at radius 2 is 1.92 bits per heavy atom. The summed E-state index contributed by atoms with van der Waals surface area (Å²) in [6, 6.07) is 6.98. The molecule has 0 saturated carbocycles. The molecule has 0 radical (unpaired) electrons. The number of halogens is 2. The lowest BCUT2D eigenvalue weighted by Crippen LogP contribution is -1.81. The van der Waals surface area contributed by atoms with Crippen LogP contribution in [0.25, 0.3) is 10.9 Å². The molecule has 0 bridgehead atoms. The van der Waals surface area contributed by atoms with Crippen molar-refractivity contribution in [1.29, 1.82) is 0 Å². The topological polar surface area (TPSA) is 33.1 Å². The molecule has 0 saturated heterocycles. The SMILES string of the molecule is Oc1ccc2ccc(Cl)nc2c1Br. The lowest BCUT2D eigenvalue weighted by atomic mass is 10.2. The summed E-state index contributed by atoms with van der Waals surface area (Å²) in [5, 5.41) is 10.7. The smallest absolute Gasteiger partial charge is 0.132 e. The van der Waals surface area contributed by atoms with Crippen LogP contribution in [0.1, 0.15) is 0 Å². The fraction of sp³-hybridized carbons (Fsp3) is 0. The van der Waals surface area contributed by atoms with Crippen molar-refractivity contribution < 1.29 is 5.11 Å². The third kappa shape index (κ3) is 1.49. The summed E-state index contributed by atoms with van der Waals surface area (Å²) in [7, 11) is 0. The normalized spacial score (nSPS) is 10.6. The summed E-state index contributed by atoms with van der Waals surface area (Å²) in [6.07, 6.45) is 0. The number of hydrogen-bond donors (Lipinski definition) is 1. The summed E-state index contributed by atoms with van der Waals surface area (Å²) >= 11 is 8.97. The molecule has 0 fully saturated rings. The predicted molar refractivity (Wildman–Crippen MR) is 56.1 cm³/mol. The summed E-state index contributed by atoms with van der Waals surface area (Å²) in [4.78, 5) is 4.09. The largest absolute Gasteiger partial charge is 0.507 e. The van der Waals surface area contributed by atoms with E-state index in [1.165, 1.54) is 0 Å². The molecule has 4 heteroatoms. The van der Waals surface area contributed by atoms with Crippen molar-refractivity contribution in [2.75, 3.05) is 0 Å². The van der Waals surface area contributed by atoms with Crippen LogP contribution in [0.2, 0.25) is 5.15 Å². The van der Waals surface area contributed by atoms with Gasteiger partial charge in [-0.3, -0.25) is 0 Å². The van der Waals surface area contributed by atoms with Crippen LogP contribution in [0.15, 0.2) is 28.7 Å². The summed E-state index contributed by atoms with van der Waals surface area (Å²) < 4.78 is 0.576. The Balaban J connectivity index is 2.89. The van der Waals surface area contributed by atoms with Crippen LogP contribution >= 0.6 is 27.5 Å². The Morgan fingerprint density at radius 3 is 2.69 bits per heavy atom. The Kier molecular flexibility index (Phi) is 2.14. The Morgan fingerprint density at radius 1 is 1.23 bits per heavy atom. The molecular formula is C9H5BrClNO. The molecular weight excluding hydrogens is 253 g/mol. The van der Waals surface area contributed by atoms with Gasteiger partial charge in [0, 0.05) is 5.39 Å². The lowest BCUT2D eigenvalue weighted by molar-refractivity contribution is 0.473. The fourth-order valence-electron chi connectivity index (χ4n) is 1.12. The first-order valence-electron chi connectivity index (χ1n) is 3.62. The highest BCUT2D eigenvalue weighted by atomic mass is 79.9. The number of fused-ring (bicyclic) bond motifs is 1. The number of pyridine rings is 1. The van der Waals surface area contributed by atoms with Gasteiger partial charge in [-0.25, -0.2) is 4.98 Å². The molecule has 0 aliphatic rings. The van der Waals surface area contributed by atoms with Crippen LogP contribution < -0.4 is 0 Å². The van der Waals surface area contributed by atoms with Crippen molar-refractivity contribution in [3.05, 3.63) is 33.9 Å². The molecule has 2 rings (SSSR count). The van der Waals surface area contributed by atoms with Crippen LogP contribution in [-0.2, 0) is 0 Å². The van der Waals surface area contributed by atoms with E-state index in [4.69, 9.17) is 11.6 Å². The number of aromatic nitrogens is 1. The van der Waals surface area contributed by atoms with Gasteiger partial charge in [-0.1, -0.05) is 11.6 Å². The van der Waals surface area contributed by atoms with E-state index in [-0.39, 0.29) is 5.75 Å². The molecule has 66 valence electrons. The maximum absolute atomic E-state index is 9.38. The average Bonchev–Trinajstić information content (AvgIpc) is 2.12. The minimum absolute atomic E-state index is 0.169. The first-order chi connectivity index (χ1) is 6.18. The van der Waals surface area contributed by atoms with Crippen LogP contribution in [0, 0.1) is 0 Å². The van der Waals surface area contributed by atoms with Crippen molar-refractivity contribution >= 4 is 38.4 Å². The summed E-state index contributed by atoms with van der Waals surface area (Å²) in [5.41, 5.74) is 0.674. The monoisotopic (exact) mass is 257 g/mol. The predicted octanol–water partition coefficient (Wildman–Crippen LogP) is 3.36. The molecule has 1 aromatic heterocycles. The van der Waals surface area contributed by atoms with E-state index in [0.717, 1.165) is 5.39 Å². The quantitative estimate of drug-likeness (QED) is 0.735. The van der Waals surface area contributed by atoms with Crippen LogP contribution in [0.3, 0.4) is 0 Å². The van der Waals surface area contributed by atoms with Gasteiger partial charge in [-0.15, -0.1) is 0 Å². The van der Waals surface area contributed by atoms with Gasteiger partial charge < -0.3 is 5.11 Å².